The van der Waals surface area contributed by atoms with Crippen LogP contribution in [0.5, 0.6) is 11.5 Å². The van der Waals surface area contributed by atoms with Gasteiger partial charge in [-0.1, -0.05) is 6.07 Å². The predicted molar refractivity (Wildman–Crippen MR) is 69.3 cm³/mol. The molecule has 0 fully saturated rings. The summed E-state index contributed by atoms with van der Waals surface area (Å²) < 4.78 is 10.8. The number of rotatable bonds is 2. The van der Waals surface area contributed by atoms with Crippen LogP contribution in [0.4, 0.5) is 0 Å². The van der Waals surface area contributed by atoms with E-state index in [1.165, 1.54) is 0 Å². The number of aromatic nitrogens is 2. The van der Waals surface area contributed by atoms with E-state index < -0.39 is 5.76 Å². The fourth-order valence-electron chi connectivity index (χ4n) is 1.83. The highest BCUT2D eigenvalue weighted by Crippen LogP contribution is 2.29. The van der Waals surface area contributed by atoms with E-state index in [1.807, 2.05) is 12.1 Å². The van der Waals surface area contributed by atoms with Crippen molar-refractivity contribution in [1.29, 1.82) is 0 Å². The number of benzene rings is 1. The molecular formula is C14H10N2O3. The summed E-state index contributed by atoms with van der Waals surface area (Å²) in [6.07, 6.45) is 3.26. The third-order valence-corrected chi connectivity index (χ3v) is 2.69. The monoisotopic (exact) mass is 254 g/mol. The Morgan fingerprint density at radius 2 is 1.95 bits per heavy atom. The molecule has 0 aliphatic carbocycles. The van der Waals surface area contributed by atoms with Gasteiger partial charge in [0.15, 0.2) is 11.3 Å². The van der Waals surface area contributed by atoms with Crippen molar-refractivity contribution in [3.8, 4) is 11.5 Å². The lowest BCUT2D eigenvalue weighted by Crippen LogP contribution is -2.05. The van der Waals surface area contributed by atoms with Crippen molar-refractivity contribution < 1.29 is 9.15 Å². The van der Waals surface area contributed by atoms with E-state index in [0.29, 0.717) is 22.8 Å². The van der Waals surface area contributed by atoms with Crippen LogP contribution < -0.4 is 10.5 Å². The summed E-state index contributed by atoms with van der Waals surface area (Å²) in [5.41, 5.74) is 1.02. The Hall–Kier alpha value is -2.69. The van der Waals surface area contributed by atoms with Crippen LogP contribution in [0, 0.1) is 6.92 Å². The van der Waals surface area contributed by atoms with Gasteiger partial charge in [0.05, 0.1) is 5.69 Å². The Kier molecular flexibility index (Phi) is 2.72. The third-order valence-electron chi connectivity index (χ3n) is 2.69. The van der Waals surface area contributed by atoms with E-state index in [2.05, 4.69) is 9.97 Å². The van der Waals surface area contributed by atoms with E-state index in [0.717, 1.165) is 5.39 Å². The third kappa shape index (κ3) is 2.18. The number of para-hydroxylation sites is 1. The number of nitrogens with zero attached hydrogens (tertiary/aromatic N) is 2. The first-order chi connectivity index (χ1) is 9.24. The first kappa shape index (κ1) is 11.4. The van der Waals surface area contributed by atoms with Crippen LogP contribution in [0.15, 0.2) is 51.9 Å². The van der Waals surface area contributed by atoms with E-state index >= 15 is 0 Å². The summed E-state index contributed by atoms with van der Waals surface area (Å²) in [5, 5.41) is 0.756. The molecule has 0 atom stereocenters. The van der Waals surface area contributed by atoms with E-state index in [1.54, 1.807) is 37.5 Å². The standard InChI is InChI=1S/C14H10N2O3/c1-9-11-3-2-4-12(13(11)19-14(17)16-9)18-10-5-7-15-8-6-10/h2-8H,1H3. The van der Waals surface area contributed by atoms with Crippen molar-refractivity contribution in [1.82, 2.24) is 9.97 Å². The summed E-state index contributed by atoms with van der Waals surface area (Å²) in [5.74, 6) is 0.474. The van der Waals surface area contributed by atoms with Crippen LogP contribution in [0.1, 0.15) is 5.69 Å². The average molecular weight is 254 g/mol. The molecule has 0 N–H and O–H groups in total. The molecule has 3 rings (SSSR count). The van der Waals surface area contributed by atoms with Gasteiger partial charge in [0, 0.05) is 17.8 Å². The van der Waals surface area contributed by atoms with Gasteiger partial charge in [-0.25, -0.2) is 4.79 Å². The lowest BCUT2D eigenvalue weighted by Gasteiger charge is -2.07. The zero-order valence-corrected chi connectivity index (χ0v) is 10.2. The van der Waals surface area contributed by atoms with Crippen molar-refractivity contribution in [3.63, 3.8) is 0 Å². The highest BCUT2D eigenvalue weighted by atomic mass is 16.5. The molecule has 19 heavy (non-hydrogen) atoms. The van der Waals surface area contributed by atoms with Gasteiger partial charge >= 0.3 is 5.76 Å². The second-order valence-electron chi connectivity index (χ2n) is 3.98. The zero-order chi connectivity index (χ0) is 13.2. The first-order valence-corrected chi connectivity index (χ1v) is 5.72. The normalized spacial score (nSPS) is 10.6. The lowest BCUT2D eigenvalue weighted by molar-refractivity contribution is 0.457. The molecule has 0 radical (unpaired) electrons. The van der Waals surface area contributed by atoms with Gasteiger partial charge in [-0.05, 0) is 31.2 Å². The van der Waals surface area contributed by atoms with E-state index in [4.69, 9.17) is 9.15 Å². The molecular weight excluding hydrogens is 244 g/mol. The molecule has 94 valence electrons. The smallest absolute Gasteiger partial charge is 0.439 e. The number of fused-ring (bicyclic) bond motifs is 1. The summed E-state index contributed by atoms with van der Waals surface area (Å²) >= 11 is 0. The Morgan fingerprint density at radius 3 is 2.74 bits per heavy atom. The van der Waals surface area contributed by atoms with Crippen molar-refractivity contribution in [2.24, 2.45) is 0 Å². The number of hydrogen-bond donors (Lipinski definition) is 0. The molecule has 0 saturated carbocycles. The van der Waals surface area contributed by atoms with Gasteiger partial charge in [0.2, 0.25) is 0 Å². The highest BCUT2D eigenvalue weighted by Gasteiger charge is 2.09. The van der Waals surface area contributed by atoms with Gasteiger partial charge in [0.25, 0.3) is 0 Å². The number of hydrogen-bond acceptors (Lipinski definition) is 5. The van der Waals surface area contributed by atoms with Crippen molar-refractivity contribution in [2.75, 3.05) is 0 Å². The predicted octanol–water partition coefficient (Wildman–Crippen LogP) is 2.68. The lowest BCUT2D eigenvalue weighted by atomic mass is 10.2. The molecule has 2 aromatic heterocycles. The molecule has 0 bridgehead atoms. The van der Waals surface area contributed by atoms with Gasteiger partial charge < -0.3 is 9.15 Å². The number of aryl methyl sites for hydroxylation is 1. The van der Waals surface area contributed by atoms with Crippen LogP contribution in [-0.4, -0.2) is 9.97 Å². The molecule has 2 heterocycles. The molecule has 0 unspecified atom stereocenters. The highest BCUT2D eigenvalue weighted by molar-refractivity contribution is 5.84. The molecule has 5 heteroatoms. The van der Waals surface area contributed by atoms with Crippen LogP contribution in [0.25, 0.3) is 11.0 Å². The van der Waals surface area contributed by atoms with Crippen molar-refractivity contribution in [3.05, 3.63) is 59.0 Å². The fraction of sp³-hybridized carbons (Fsp3) is 0.0714. The molecule has 5 nitrogen and oxygen atoms in total. The topological polar surface area (TPSA) is 65.2 Å². The minimum Gasteiger partial charge on any atom is -0.453 e. The summed E-state index contributed by atoms with van der Waals surface area (Å²) in [6.45, 7) is 1.76. The zero-order valence-electron chi connectivity index (χ0n) is 10.2. The largest absolute Gasteiger partial charge is 0.453 e. The second-order valence-corrected chi connectivity index (χ2v) is 3.98. The Morgan fingerprint density at radius 1 is 1.16 bits per heavy atom. The molecule has 0 aliphatic rings. The Balaban J connectivity index is 2.16. The van der Waals surface area contributed by atoms with Crippen molar-refractivity contribution in [2.45, 2.75) is 6.92 Å². The summed E-state index contributed by atoms with van der Waals surface area (Å²) in [4.78, 5) is 19.0. The fourth-order valence-corrected chi connectivity index (χ4v) is 1.83. The quantitative estimate of drug-likeness (QED) is 0.703. The maximum Gasteiger partial charge on any atom is 0.439 e. The van der Waals surface area contributed by atoms with Crippen molar-refractivity contribution >= 4 is 11.0 Å². The summed E-state index contributed by atoms with van der Waals surface area (Å²) in [7, 11) is 0. The molecule has 0 spiro atoms. The number of ether oxygens (including phenoxy) is 1. The van der Waals surface area contributed by atoms with Gasteiger partial charge in [-0.2, -0.15) is 4.98 Å². The maximum absolute atomic E-state index is 11.4. The summed E-state index contributed by atoms with van der Waals surface area (Å²) in [6, 6.07) is 8.86. The SMILES string of the molecule is Cc1nc(=O)oc2c(Oc3ccncc3)cccc12. The van der Waals surface area contributed by atoms with Crippen LogP contribution in [0.2, 0.25) is 0 Å². The second kappa shape index (κ2) is 4.53. The first-order valence-electron chi connectivity index (χ1n) is 5.72. The van der Waals surface area contributed by atoms with Gasteiger partial charge in [-0.15, -0.1) is 0 Å². The molecule has 0 saturated heterocycles. The van der Waals surface area contributed by atoms with E-state index in [-0.39, 0.29) is 0 Å². The minimum atomic E-state index is -0.629. The molecule has 0 amide bonds. The van der Waals surface area contributed by atoms with Gasteiger partial charge in [0.1, 0.15) is 5.75 Å². The average Bonchev–Trinajstić information content (AvgIpc) is 2.41. The Bertz CT molecular complexity index is 782. The van der Waals surface area contributed by atoms with Crippen LogP contribution in [0.3, 0.4) is 0 Å². The Labute approximate surface area is 108 Å². The molecule has 0 aliphatic heterocycles. The molecule has 3 aromatic rings. The maximum atomic E-state index is 11.4. The van der Waals surface area contributed by atoms with Crippen LogP contribution in [-0.2, 0) is 0 Å². The van der Waals surface area contributed by atoms with Gasteiger partial charge in [-0.3, -0.25) is 4.98 Å². The molecule has 1 aromatic carbocycles. The van der Waals surface area contributed by atoms with E-state index in [9.17, 15) is 4.79 Å². The van der Waals surface area contributed by atoms with Crippen LogP contribution >= 0.6 is 0 Å². The minimum absolute atomic E-state index is 0.400. The number of pyridine rings is 1.